The van der Waals surface area contributed by atoms with Crippen LogP contribution in [0, 0.1) is 6.92 Å². The molecular weight excluding hydrogens is 322 g/mol. The van der Waals surface area contributed by atoms with Gasteiger partial charge in [-0.05, 0) is 25.5 Å². The van der Waals surface area contributed by atoms with Gasteiger partial charge in [0.15, 0.2) is 5.82 Å². The first kappa shape index (κ1) is 15.2. The van der Waals surface area contributed by atoms with Gasteiger partial charge in [-0.3, -0.25) is 9.78 Å². The highest BCUT2D eigenvalue weighted by Crippen LogP contribution is 2.25. The second-order valence-corrected chi connectivity index (χ2v) is 5.62. The molecule has 4 rings (SSSR count). The van der Waals surface area contributed by atoms with E-state index in [-0.39, 0.29) is 5.91 Å². The highest BCUT2D eigenvalue weighted by Gasteiger charge is 2.24. The van der Waals surface area contributed by atoms with Crippen LogP contribution >= 0.6 is 0 Å². The molecule has 1 aliphatic rings. The van der Waals surface area contributed by atoms with E-state index in [0.29, 0.717) is 48.2 Å². The third kappa shape index (κ3) is 2.91. The van der Waals surface area contributed by atoms with Gasteiger partial charge in [-0.2, -0.15) is 0 Å². The van der Waals surface area contributed by atoms with Gasteiger partial charge in [-0.1, -0.05) is 10.3 Å². The zero-order valence-electron chi connectivity index (χ0n) is 13.5. The molecule has 0 unspecified atom stereocenters. The molecule has 1 amide bonds. The number of amides is 1. The van der Waals surface area contributed by atoms with Gasteiger partial charge in [-0.25, -0.2) is 14.6 Å². The van der Waals surface area contributed by atoms with Gasteiger partial charge in [0.2, 0.25) is 0 Å². The Kier molecular flexibility index (Phi) is 3.81. The third-order valence-electron chi connectivity index (χ3n) is 3.97. The van der Waals surface area contributed by atoms with E-state index in [1.54, 1.807) is 18.5 Å². The first-order chi connectivity index (χ1) is 12.2. The van der Waals surface area contributed by atoms with E-state index in [0.717, 1.165) is 11.1 Å². The van der Waals surface area contributed by atoms with Crippen LogP contribution in [0.5, 0.6) is 0 Å². The van der Waals surface area contributed by atoms with Crippen LogP contribution in [0.3, 0.4) is 0 Å². The number of anilines is 1. The van der Waals surface area contributed by atoms with Crippen LogP contribution < -0.4 is 10.6 Å². The van der Waals surface area contributed by atoms with Crippen molar-refractivity contribution >= 4 is 11.7 Å². The van der Waals surface area contributed by atoms with E-state index < -0.39 is 0 Å². The highest BCUT2D eigenvalue weighted by molar-refractivity contribution is 5.96. The first-order valence-corrected chi connectivity index (χ1v) is 7.84. The normalized spacial score (nSPS) is 13.2. The van der Waals surface area contributed by atoms with Crippen molar-refractivity contribution in [2.24, 2.45) is 0 Å². The number of carbonyl (C=O) groups is 1. The van der Waals surface area contributed by atoms with Crippen molar-refractivity contribution in [1.82, 2.24) is 30.6 Å². The Labute approximate surface area is 142 Å². The maximum absolute atomic E-state index is 12.2. The summed E-state index contributed by atoms with van der Waals surface area (Å²) >= 11 is 0. The van der Waals surface area contributed by atoms with Gasteiger partial charge >= 0.3 is 0 Å². The highest BCUT2D eigenvalue weighted by atomic mass is 16.6. The predicted molar refractivity (Wildman–Crippen MR) is 87.7 cm³/mol. The molecule has 1 aliphatic heterocycles. The standard InChI is InChI=1S/C16H15N7O2/c1-9-12(23-25-22-9)8-19-15-11-4-6-18-16(24)13(11)20-14(21-15)10-3-2-5-17-7-10/h2-3,5,7H,4,6,8H2,1H3,(H,18,24)(H,19,20,21). The minimum atomic E-state index is -0.198. The summed E-state index contributed by atoms with van der Waals surface area (Å²) in [7, 11) is 0. The largest absolute Gasteiger partial charge is 0.364 e. The Hall–Kier alpha value is -3.36. The van der Waals surface area contributed by atoms with E-state index in [1.165, 1.54) is 0 Å². The molecular formula is C16H15N7O2. The van der Waals surface area contributed by atoms with Crippen molar-refractivity contribution in [3.8, 4) is 11.4 Å². The van der Waals surface area contributed by atoms with Gasteiger partial charge in [0.25, 0.3) is 5.91 Å². The number of carbonyl (C=O) groups excluding carboxylic acids is 1. The molecule has 0 spiro atoms. The summed E-state index contributed by atoms with van der Waals surface area (Å²) in [6.45, 7) is 2.77. The Morgan fingerprint density at radius 1 is 1.32 bits per heavy atom. The van der Waals surface area contributed by atoms with Gasteiger partial charge in [0, 0.05) is 30.1 Å². The van der Waals surface area contributed by atoms with Crippen LogP contribution in [-0.4, -0.2) is 37.7 Å². The fourth-order valence-electron chi connectivity index (χ4n) is 2.64. The topological polar surface area (TPSA) is 119 Å². The lowest BCUT2D eigenvalue weighted by molar-refractivity contribution is 0.0940. The monoisotopic (exact) mass is 337 g/mol. The molecule has 0 aromatic carbocycles. The Morgan fingerprint density at radius 3 is 3.00 bits per heavy atom. The summed E-state index contributed by atoms with van der Waals surface area (Å²) in [5, 5.41) is 13.7. The summed E-state index contributed by atoms with van der Waals surface area (Å²) in [5.41, 5.74) is 3.32. The van der Waals surface area contributed by atoms with Crippen LogP contribution in [0.1, 0.15) is 27.4 Å². The van der Waals surface area contributed by atoms with Gasteiger partial charge in [0.05, 0.1) is 6.54 Å². The predicted octanol–water partition coefficient (Wildman–Crippen LogP) is 1.13. The van der Waals surface area contributed by atoms with E-state index in [9.17, 15) is 4.79 Å². The number of rotatable bonds is 4. The van der Waals surface area contributed by atoms with E-state index >= 15 is 0 Å². The lowest BCUT2D eigenvalue weighted by Gasteiger charge is -2.19. The molecule has 2 N–H and O–H groups in total. The molecule has 0 atom stereocenters. The van der Waals surface area contributed by atoms with Crippen LogP contribution in [0.15, 0.2) is 29.2 Å². The number of aromatic nitrogens is 5. The number of nitrogens with zero attached hydrogens (tertiary/aromatic N) is 5. The zero-order chi connectivity index (χ0) is 17.2. The molecule has 126 valence electrons. The molecule has 9 nitrogen and oxygen atoms in total. The van der Waals surface area contributed by atoms with Crippen molar-refractivity contribution in [2.75, 3.05) is 11.9 Å². The number of pyridine rings is 1. The van der Waals surface area contributed by atoms with Crippen molar-refractivity contribution in [2.45, 2.75) is 19.9 Å². The average molecular weight is 337 g/mol. The number of nitrogens with one attached hydrogen (secondary N) is 2. The second-order valence-electron chi connectivity index (χ2n) is 5.62. The summed E-state index contributed by atoms with van der Waals surface area (Å²) in [4.78, 5) is 25.4. The molecule has 4 heterocycles. The van der Waals surface area contributed by atoms with Crippen molar-refractivity contribution in [3.05, 3.63) is 47.2 Å². The van der Waals surface area contributed by atoms with Crippen LogP contribution in [0.25, 0.3) is 11.4 Å². The third-order valence-corrected chi connectivity index (χ3v) is 3.97. The number of aryl methyl sites for hydroxylation is 1. The van der Waals surface area contributed by atoms with Gasteiger partial charge < -0.3 is 10.6 Å². The fraction of sp³-hybridized carbons (Fsp3) is 0.250. The van der Waals surface area contributed by atoms with E-state index in [1.807, 2.05) is 13.0 Å². The van der Waals surface area contributed by atoms with E-state index in [2.05, 4.69) is 35.9 Å². The maximum atomic E-state index is 12.2. The summed E-state index contributed by atoms with van der Waals surface area (Å²) in [6.07, 6.45) is 4.00. The smallest absolute Gasteiger partial charge is 0.270 e. The fourth-order valence-corrected chi connectivity index (χ4v) is 2.64. The van der Waals surface area contributed by atoms with Crippen LogP contribution in [0.4, 0.5) is 5.82 Å². The maximum Gasteiger partial charge on any atom is 0.270 e. The minimum Gasteiger partial charge on any atom is -0.364 e. The average Bonchev–Trinajstić information content (AvgIpc) is 3.06. The number of hydrogen-bond donors (Lipinski definition) is 2. The Morgan fingerprint density at radius 2 is 2.24 bits per heavy atom. The van der Waals surface area contributed by atoms with Crippen LogP contribution in [-0.2, 0) is 13.0 Å². The summed E-state index contributed by atoms with van der Waals surface area (Å²) in [6, 6.07) is 3.65. The molecule has 0 radical (unpaired) electrons. The molecule has 9 heteroatoms. The molecule has 0 aliphatic carbocycles. The molecule has 3 aromatic rings. The second kappa shape index (κ2) is 6.27. The molecule has 0 fully saturated rings. The van der Waals surface area contributed by atoms with Gasteiger partial charge in [0.1, 0.15) is 22.9 Å². The minimum absolute atomic E-state index is 0.198. The first-order valence-electron chi connectivity index (χ1n) is 7.84. The SMILES string of the molecule is Cc1nonc1CNc1nc(-c2cccnc2)nc2c1CCNC2=O. The van der Waals surface area contributed by atoms with Crippen LogP contribution in [0.2, 0.25) is 0 Å². The quantitative estimate of drug-likeness (QED) is 0.727. The molecule has 0 saturated heterocycles. The number of hydrogen-bond acceptors (Lipinski definition) is 8. The Bertz CT molecular complexity index is 923. The summed E-state index contributed by atoms with van der Waals surface area (Å²) in [5.74, 6) is 0.860. The molecule has 3 aromatic heterocycles. The summed E-state index contributed by atoms with van der Waals surface area (Å²) < 4.78 is 4.71. The zero-order valence-corrected chi connectivity index (χ0v) is 13.5. The molecule has 25 heavy (non-hydrogen) atoms. The van der Waals surface area contributed by atoms with E-state index in [4.69, 9.17) is 4.63 Å². The lowest BCUT2D eigenvalue weighted by Crippen LogP contribution is -2.34. The molecule has 0 saturated carbocycles. The molecule has 0 bridgehead atoms. The van der Waals surface area contributed by atoms with Crippen molar-refractivity contribution < 1.29 is 9.42 Å². The van der Waals surface area contributed by atoms with Gasteiger partial charge in [-0.15, -0.1) is 0 Å². The lowest BCUT2D eigenvalue weighted by atomic mass is 10.1. The number of fused-ring (bicyclic) bond motifs is 1. The Balaban J connectivity index is 1.74. The van der Waals surface area contributed by atoms with Crippen molar-refractivity contribution in [3.63, 3.8) is 0 Å². The van der Waals surface area contributed by atoms with Crippen molar-refractivity contribution in [1.29, 1.82) is 0 Å².